The summed E-state index contributed by atoms with van der Waals surface area (Å²) >= 11 is 5.95. The number of rotatable bonds is 6. The van der Waals surface area contributed by atoms with Crippen molar-refractivity contribution in [3.05, 3.63) is 23.2 Å². The van der Waals surface area contributed by atoms with Crippen molar-refractivity contribution in [3.63, 3.8) is 0 Å². The van der Waals surface area contributed by atoms with Crippen LogP contribution in [0.5, 0.6) is 5.75 Å². The van der Waals surface area contributed by atoms with Crippen molar-refractivity contribution >= 4 is 35.6 Å². The highest BCUT2D eigenvalue weighted by Gasteiger charge is 2.17. The van der Waals surface area contributed by atoms with Gasteiger partial charge in [0, 0.05) is 24.6 Å². The molecule has 21 heavy (non-hydrogen) atoms. The summed E-state index contributed by atoms with van der Waals surface area (Å²) in [5, 5.41) is 3.30. The van der Waals surface area contributed by atoms with Crippen molar-refractivity contribution in [2.24, 2.45) is 5.73 Å². The number of carbonyl (C=O) groups is 1. The first-order valence-electron chi connectivity index (χ1n) is 6.73. The summed E-state index contributed by atoms with van der Waals surface area (Å²) in [6, 6.07) is 5.14. The molecule has 7 heteroatoms. The van der Waals surface area contributed by atoms with Gasteiger partial charge in [0.05, 0.1) is 11.8 Å². The molecule has 1 aliphatic rings. The van der Waals surface area contributed by atoms with Crippen molar-refractivity contribution in [1.29, 1.82) is 0 Å². The zero-order valence-corrected chi connectivity index (χ0v) is 13.2. The molecule has 1 aromatic carbocycles. The molecule has 0 bridgehead atoms. The highest BCUT2D eigenvalue weighted by Crippen LogP contribution is 2.29. The summed E-state index contributed by atoms with van der Waals surface area (Å²) in [4.78, 5) is 11.6. The Bertz CT molecular complexity index is 466. The second kappa shape index (κ2) is 9.10. The molecule has 1 aromatic rings. The van der Waals surface area contributed by atoms with Crippen LogP contribution in [-0.2, 0) is 9.53 Å². The molecular weight excluding hydrogens is 315 g/mol. The molecule has 0 radical (unpaired) electrons. The van der Waals surface area contributed by atoms with Crippen LogP contribution in [0.2, 0.25) is 5.02 Å². The molecule has 1 saturated heterocycles. The van der Waals surface area contributed by atoms with E-state index in [0.717, 1.165) is 19.4 Å². The van der Waals surface area contributed by atoms with E-state index in [9.17, 15) is 4.79 Å². The lowest BCUT2D eigenvalue weighted by Crippen LogP contribution is -2.19. The molecule has 1 fully saturated rings. The minimum Gasteiger partial charge on any atom is -0.489 e. The smallest absolute Gasteiger partial charge is 0.225 e. The van der Waals surface area contributed by atoms with Crippen LogP contribution in [0.25, 0.3) is 0 Å². The minimum absolute atomic E-state index is 0. The molecule has 1 amide bonds. The molecule has 3 N–H and O–H groups in total. The fraction of sp³-hybridized carbons (Fsp3) is 0.500. The van der Waals surface area contributed by atoms with Gasteiger partial charge in [0.2, 0.25) is 5.91 Å². The third kappa shape index (κ3) is 5.71. The second-order valence-electron chi connectivity index (χ2n) is 4.67. The molecule has 0 spiro atoms. The molecule has 2 rings (SSSR count). The van der Waals surface area contributed by atoms with Gasteiger partial charge in [0.15, 0.2) is 0 Å². The lowest BCUT2D eigenvalue weighted by Gasteiger charge is -2.15. The summed E-state index contributed by atoms with van der Waals surface area (Å²) < 4.78 is 11.2. The lowest BCUT2D eigenvalue weighted by molar-refractivity contribution is -0.116. The maximum atomic E-state index is 11.6. The Labute approximate surface area is 135 Å². The van der Waals surface area contributed by atoms with E-state index >= 15 is 0 Å². The van der Waals surface area contributed by atoms with E-state index in [0.29, 0.717) is 29.6 Å². The lowest BCUT2D eigenvalue weighted by atomic mass is 10.2. The third-order valence-corrected chi connectivity index (χ3v) is 3.27. The Kier molecular flexibility index (Phi) is 7.82. The molecule has 5 nitrogen and oxygen atoms in total. The topological polar surface area (TPSA) is 73.6 Å². The third-order valence-electron chi connectivity index (χ3n) is 3.04. The van der Waals surface area contributed by atoms with E-state index in [4.69, 9.17) is 26.8 Å². The van der Waals surface area contributed by atoms with Gasteiger partial charge < -0.3 is 20.5 Å². The average molecular weight is 335 g/mol. The van der Waals surface area contributed by atoms with Gasteiger partial charge in [-0.2, -0.15) is 0 Å². The number of carbonyl (C=O) groups excluding carboxylic acids is 1. The van der Waals surface area contributed by atoms with Crippen molar-refractivity contribution in [2.45, 2.75) is 25.4 Å². The Morgan fingerprint density at radius 3 is 3.00 bits per heavy atom. The van der Waals surface area contributed by atoms with E-state index < -0.39 is 0 Å². The number of nitrogens with two attached hydrogens (primary N) is 1. The monoisotopic (exact) mass is 334 g/mol. The Balaban J connectivity index is 0.00000220. The number of amides is 1. The first-order chi connectivity index (χ1) is 9.69. The summed E-state index contributed by atoms with van der Waals surface area (Å²) in [7, 11) is 0. The first kappa shape index (κ1) is 18.0. The van der Waals surface area contributed by atoms with E-state index in [-0.39, 0.29) is 30.8 Å². The molecule has 1 aliphatic heterocycles. The van der Waals surface area contributed by atoms with Gasteiger partial charge in [0.25, 0.3) is 0 Å². The van der Waals surface area contributed by atoms with E-state index in [2.05, 4.69) is 5.32 Å². The molecular formula is C14H20Cl2N2O3. The van der Waals surface area contributed by atoms with Crippen LogP contribution in [0, 0.1) is 0 Å². The molecule has 0 saturated carbocycles. The van der Waals surface area contributed by atoms with Gasteiger partial charge in [-0.1, -0.05) is 11.6 Å². The van der Waals surface area contributed by atoms with Crippen LogP contribution in [-0.4, -0.2) is 31.8 Å². The van der Waals surface area contributed by atoms with Gasteiger partial charge in [-0.15, -0.1) is 12.4 Å². The maximum absolute atomic E-state index is 11.6. The largest absolute Gasteiger partial charge is 0.489 e. The van der Waals surface area contributed by atoms with E-state index in [1.165, 1.54) is 0 Å². The highest BCUT2D eigenvalue weighted by molar-refractivity contribution is 6.31. The highest BCUT2D eigenvalue weighted by atomic mass is 35.5. The van der Waals surface area contributed by atoms with Crippen molar-refractivity contribution < 1.29 is 14.3 Å². The van der Waals surface area contributed by atoms with Crippen LogP contribution in [0.1, 0.15) is 19.3 Å². The fourth-order valence-electron chi connectivity index (χ4n) is 2.03. The van der Waals surface area contributed by atoms with Gasteiger partial charge in [0.1, 0.15) is 12.4 Å². The van der Waals surface area contributed by atoms with Gasteiger partial charge >= 0.3 is 0 Å². The number of halogens is 2. The van der Waals surface area contributed by atoms with Crippen molar-refractivity contribution in [3.8, 4) is 5.75 Å². The summed E-state index contributed by atoms with van der Waals surface area (Å²) in [5.41, 5.74) is 5.92. The predicted octanol–water partition coefficient (Wildman–Crippen LogP) is 2.61. The summed E-state index contributed by atoms with van der Waals surface area (Å²) in [5.74, 6) is 0.437. The van der Waals surface area contributed by atoms with Crippen LogP contribution >= 0.6 is 24.0 Å². The van der Waals surface area contributed by atoms with Crippen LogP contribution in [0.4, 0.5) is 5.69 Å². The first-order valence-corrected chi connectivity index (χ1v) is 7.10. The number of benzene rings is 1. The Hall–Kier alpha value is -1.01. The Morgan fingerprint density at radius 1 is 1.52 bits per heavy atom. The Morgan fingerprint density at radius 2 is 2.33 bits per heavy atom. The zero-order chi connectivity index (χ0) is 14.4. The molecule has 1 heterocycles. The number of hydrogen-bond donors (Lipinski definition) is 2. The fourth-order valence-corrected chi connectivity index (χ4v) is 2.20. The maximum Gasteiger partial charge on any atom is 0.225 e. The normalized spacial score (nSPS) is 17.1. The van der Waals surface area contributed by atoms with Crippen molar-refractivity contribution in [1.82, 2.24) is 0 Å². The summed E-state index contributed by atoms with van der Waals surface area (Å²) in [6.45, 7) is 1.56. The van der Waals surface area contributed by atoms with Crippen molar-refractivity contribution in [2.75, 3.05) is 25.1 Å². The standard InChI is InChI=1S/C14H19ClN2O3.ClH/c15-10-3-4-13(20-9-11-2-1-7-19-11)12(8-10)17-14(18)5-6-16;/h3-4,8,11H,1-2,5-7,9,16H2,(H,17,18);1H. The summed E-state index contributed by atoms with van der Waals surface area (Å²) in [6.07, 6.45) is 2.45. The van der Waals surface area contributed by atoms with E-state index in [1.807, 2.05) is 0 Å². The average Bonchev–Trinajstić information content (AvgIpc) is 2.91. The van der Waals surface area contributed by atoms with Crippen LogP contribution < -0.4 is 15.8 Å². The van der Waals surface area contributed by atoms with Gasteiger partial charge in [-0.05, 0) is 31.0 Å². The number of nitrogens with one attached hydrogen (secondary N) is 1. The second-order valence-corrected chi connectivity index (χ2v) is 5.11. The van der Waals surface area contributed by atoms with Gasteiger partial charge in [-0.3, -0.25) is 4.79 Å². The number of ether oxygens (including phenoxy) is 2. The SMILES string of the molecule is Cl.NCCC(=O)Nc1cc(Cl)ccc1OCC1CCCO1. The molecule has 1 atom stereocenters. The molecule has 118 valence electrons. The number of anilines is 1. The van der Waals surface area contributed by atoms with Gasteiger partial charge in [-0.25, -0.2) is 0 Å². The van der Waals surface area contributed by atoms with Crippen LogP contribution in [0.15, 0.2) is 18.2 Å². The molecule has 1 unspecified atom stereocenters. The minimum atomic E-state index is -0.156. The number of hydrogen-bond acceptors (Lipinski definition) is 4. The van der Waals surface area contributed by atoms with E-state index in [1.54, 1.807) is 18.2 Å². The predicted molar refractivity (Wildman–Crippen MR) is 85.5 cm³/mol. The zero-order valence-electron chi connectivity index (χ0n) is 11.6. The molecule has 0 aliphatic carbocycles. The molecule has 0 aromatic heterocycles. The quantitative estimate of drug-likeness (QED) is 0.838. The van der Waals surface area contributed by atoms with Crippen LogP contribution in [0.3, 0.4) is 0 Å².